The average Bonchev–Trinajstić information content (AvgIpc) is 2.73. The molecule has 2 N–H and O–H groups in total. The van der Waals surface area contributed by atoms with Crippen LogP contribution in [0.15, 0.2) is 0 Å². The molecule has 1 unspecified atom stereocenters. The number of amides is 2. The molecule has 9 nitrogen and oxygen atoms in total. The Labute approximate surface area is 173 Å². The first-order valence-electron chi connectivity index (χ1n) is 9.90. The summed E-state index contributed by atoms with van der Waals surface area (Å²) in [4.78, 5) is 48.0. The fourth-order valence-electron chi connectivity index (χ4n) is 3.05. The van der Waals surface area contributed by atoms with E-state index in [4.69, 9.17) is 4.74 Å². The first kappa shape index (κ1) is 26.8. The second kappa shape index (κ2) is 13.9. The van der Waals surface area contributed by atoms with Crippen molar-refractivity contribution in [2.45, 2.75) is 71.6 Å². The number of nitrogens with one attached hydrogen (secondary N) is 2. The van der Waals surface area contributed by atoms with E-state index in [0.29, 0.717) is 25.7 Å². The summed E-state index contributed by atoms with van der Waals surface area (Å²) in [6.45, 7) is 7.12. The number of methoxy groups -OCH3 is 3. The number of carbonyl (C=O) groups is 4. The summed E-state index contributed by atoms with van der Waals surface area (Å²) in [6, 6.07) is -1.43. The minimum atomic E-state index is -0.810. The Morgan fingerprint density at radius 3 is 1.79 bits per heavy atom. The number of Topliss-reactive ketones (excluding diaryl/α,β-unsaturated/α-hetero) is 2. The van der Waals surface area contributed by atoms with Gasteiger partial charge < -0.3 is 24.8 Å². The van der Waals surface area contributed by atoms with Crippen molar-refractivity contribution in [3.8, 4) is 0 Å². The molecule has 0 radical (unpaired) electrons. The number of ether oxygens (including phenoxy) is 3. The summed E-state index contributed by atoms with van der Waals surface area (Å²) in [6.07, 6.45) is 0.372. The molecule has 0 aliphatic rings. The molecule has 29 heavy (non-hydrogen) atoms. The van der Waals surface area contributed by atoms with Crippen molar-refractivity contribution in [3.63, 3.8) is 0 Å². The van der Waals surface area contributed by atoms with E-state index in [2.05, 4.69) is 20.1 Å². The molecule has 0 fully saturated rings. The third-order valence-electron chi connectivity index (χ3n) is 5.11. The van der Waals surface area contributed by atoms with Crippen molar-refractivity contribution >= 4 is 23.8 Å². The molecule has 0 aromatic rings. The maximum absolute atomic E-state index is 12.8. The van der Waals surface area contributed by atoms with E-state index in [1.165, 1.54) is 21.3 Å². The van der Waals surface area contributed by atoms with Gasteiger partial charge in [0.1, 0.15) is 6.04 Å². The summed E-state index contributed by atoms with van der Waals surface area (Å²) >= 11 is 0. The van der Waals surface area contributed by atoms with Crippen LogP contribution >= 0.6 is 0 Å². The standard InChI is InChI=1S/C20H36N2O7/c1-8-15(23)16(21-19(25)28-6)12(2)10-9-11-13(3)18(24)17(14(4)27-5)22-20(26)29-7/h12-14,16-17H,8-11H2,1-7H3,(H,21,25)(H,22,26)/t12-,13?,14-,16+,17+/m1/s1. The quantitative estimate of drug-likeness (QED) is 0.473. The molecule has 0 aromatic heterocycles. The van der Waals surface area contributed by atoms with Crippen LogP contribution in [0.3, 0.4) is 0 Å². The molecule has 168 valence electrons. The first-order chi connectivity index (χ1) is 13.6. The summed E-state index contributed by atoms with van der Waals surface area (Å²) < 4.78 is 14.4. The van der Waals surface area contributed by atoms with Crippen LogP contribution in [0.5, 0.6) is 0 Å². The minimum absolute atomic E-state index is 0.0664. The molecular weight excluding hydrogens is 380 g/mol. The molecule has 0 spiro atoms. The maximum Gasteiger partial charge on any atom is 0.407 e. The topological polar surface area (TPSA) is 120 Å². The Morgan fingerprint density at radius 1 is 0.828 bits per heavy atom. The second-order valence-electron chi connectivity index (χ2n) is 7.20. The molecule has 2 amide bonds. The molecule has 0 saturated heterocycles. The number of rotatable bonds is 13. The third-order valence-corrected chi connectivity index (χ3v) is 5.11. The van der Waals surface area contributed by atoms with Crippen LogP contribution in [0.2, 0.25) is 0 Å². The molecule has 5 atom stereocenters. The Balaban J connectivity index is 4.84. The zero-order valence-electron chi connectivity index (χ0n) is 18.6. The molecule has 9 heteroatoms. The molecule has 0 bridgehead atoms. The van der Waals surface area contributed by atoms with Crippen molar-refractivity contribution in [3.05, 3.63) is 0 Å². The van der Waals surface area contributed by atoms with Gasteiger partial charge in [-0.25, -0.2) is 9.59 Å². The summed E-state index contributed by atoms with van der Waals surface area (Å²) in [5.41, 5.74) is 0. The molecule has 0 rings (SSSR count). The smallest absolute Gasteiger partial charge is 0.407 e. The number of alkyl carbamates (subject to hydrolysis) is 2. The van der Waals surface area contributed by atoms with Gasteiger partial charge in [0, 0.05) is 19.4 Å². The first-order valence-corrected chi connectivity index (χ1v) is 9.90. The predicted octanol–water partition coefficient (Wildman–Crippen LogP) is 2.46. The van der Waals surface area contributed by atoms with Crippen LogP contribution in [0.4, 0.5) is 9.59 Å². The van der Waals surface area contributed by atoms with Crippen molar-refractivity contribution in [2.75, 3.05) is 21.3 Å². The average molecular weight is 417 g/mol. The highest BCUT2D eigenvalue weighted by atomic mass is 16.5. The van der Waals surface area contributed by atoms with Gasteiger partial charge in [-0.3, -0.25) is 9.59 Å². The summed E-state index contributed by atoms with van der Waals surface area (Å²) in [7, 11) is 3.95. The van der Waals surface area contributed by atoms with Gasteiger partial charge in [0.2, 0.25) is 0 Å². The van der Waals surface area contributed by atoms with Crippen LogP contribution in [-0.4, -0.2) is 63.3 Å². The van der Waals surface area contributed by atoms with Gasteiger partial charge in [-0.2, -0.15) is 0 Å². The monoisotopic (exact) mass is 416 g/mol. The van der Waals surface area contributed by atoms with Crippen LogP contribution in [0.25, 0.3) is 0 Å². The minimum Gasteiger partial charge on any atom is -0.453 e. The van der Waals surface area contributed by atoms with Gasteiger partial charge in [0.05, 0.1) is 26.4 Å². The Hall–Kier alpha value is -2.16. The van der Waals surface area contributed by atoms with Crippen molar-refractivity contribution < 1.29 is 33.4 Å². The second-order valence-corrected chi connectivity index (χ2v) is 7.20. The largest absolute Gasteiger partial charge is 0.453 e. The lowest BCUT2D eigenvalue weighted by Gasteiger charge is -2.26. The summed E-state index contributed by atoms with van der Waals surface area (Å²) in [5.74, 6) is -0.642. The van der Waals surface area contributed by atoms with Crippen LogP contribution in [0.1, 0.15) is 53.4 Å². The van der Waals surface area contributed by atoms with Gasteiger partial charge in [0.25, 0.3) is 0 Å². The Morgan fingerprint density at radius 2 is 1.34 bits per heavy atom. The molecule has 0 aliphatic heterocycles. The van der Waals surface area contributed by atoms with E-state index in [0.717, 1.165) is 0 Å². The van der Waals surface area contributed by atoms with Gasteiger partial charge in [0.15, 0.2) is 11.6 Å². The van der Waals surface area contributed by atoms with Crippen molar-refractivity contribution in [1.82, 2.24) is 10.6 Å². The Bertz CT molecular complexity index is 553. The van der Waals surface area contributed by atoms with Crippen LogP contribution in [-0.2, 0) is 23.8 Å². The molecule has 0 heterocycles. The number of hydrogen-bond donors (Lipinski definition) is 2. The van der Waals surface area contributed by atoms with Crippen LogP contribution in [0, 0.1) is 11.8 Å². The zero-order valence-corrected chi connectivity index (χ0v) is 18.6. The Kier molecular flexibility index (Phi) is 12.9. The highest BCUT2D eigenvalue weighted by molar-refractivity contribution is 5.89. The lowest BCUT2D eigenvalue weighted by Crippen LogP contribution is -2.50. The maximum atomic E-state index is 12.8. The van der Waals surface area contributed by atoms with Gasteiger partial charge >= 0.3 is 12.2 Å². The highest BCUT2D eigenvalue weighted by Crippen LogP contribution is 2.19. The number of ketones is 2. The molecule has 0 saturated carbocycles. The van der Waals surface area contributed by atoms with E-state index >= 15 is 0 Å². The lowest BCUT2D eigenvalue weighted by molar-refractivity contribution is -0.127. The van der Waals surface area contributed by atoms with E-state index in [1.54, 1.807) is 20.8 Å². The van der Waals surface area contributed by atoms with E-state index in [-0.39, 0.29) is 23.4 Å². The number of carbonyl (C=O) groups excluding carboxylic acids is 4. The third kappa shape index (κ3) is 9.25. The normalized spacial score (nSPS) is 16.0. The van der Waals surface area contributed by atoms with Gasteiger partial charge in [-0.05, 0) is 25.7 Å². The SMILES string of the molecule is CCC(=O)[C@@H](NC(=O)OC)[C@H](C)CCCC(C)C(=O)[C@@H](NC(=O)OC)[C@@H](C)OC. The van der Waals surface area contributed by atoms with E-state index in [1.807, 2.05) is 6.92 Å². The predicted molar refractivity (Wildman–Crippen MR) is 108 cm³/mol. The van der Waals surface area contributed by atoms with Crippen molar-refractivity contribution in [2.24, 2.45) is 11.8 Å². The fourth-order valence-corrected chi connectivity index (χ4v) is 3.05. The van der Waals surface area contributed by atoms with Crippen molar-refractivity contribution in [1.29, 1.82) is 0 Å². The van der Waals surface area contributed by atoms with Crippen LogP contribution < -0.4 is 10.6 Å². The fraction of sp³-hybridized carbons (Fsp3) is 0.800. The zero-order chi connectivity index (χ0) is 22.6. The van der Waals surface area contributed by atoms with Gasteiger partial charge in [-0.1, -0.05) is 27.2 Å². The lowest BCUT2D eigenvalue weighted by atomic mass is 9.87. The number of hydrogen-bond acceptors (Lipinski definition) is 7. The van der Waals surface area contributed by atoms with Gasteiger partial charge in [-0.15, -0.1) is 0 Å². The molecule has 0 aliphatic carbocycles. The van der Waals surface area contributed by atoms with E-state index in [9.17, 15) is 19.2 Å². The molecule has 0 aromatic carbocycles. The summed E-state index contributed by atoms with van der Waals surface area (Å²) in [5, 5.41) is 5.12. The highest BCUT2D eigenvalue weighted by Gasteiger charge is 2.31. The van der Waals surface area contributed by atoms with E-state index < -0.39 is 30.4 Å². The molecular formula is C20H36N2O7.